The summed E-state index contributed by atoms with van der Waals surface area (Å²) >= 11 is 0. The number of hydrogen-bond acceptors (Lipinski definition) is 5. The van der Waals surface area contributed by atoms with Crippen LogP contribution in [0.1, 0.15) is 49.8 Å². The molecule has 2 N–H and O–H groups in total. The number of nitrogens with one attached hydrogen (secondary N) is 2. The summed E-state index contributed by atoms with van der Waals surface area (Å²) < 4.78 is 0. The Bertz CT molecular complexity index is 1010. The predicted octanol–water partition coefficient (Wildman–Crippen LogP) is 1.92. The van der Waals surface area contributed by atoms with Crippen molar-refractivity contribution >= 4 is 23.4 Å². The first kappa shape index (κ1) is 21.9. The number of carbonyl (C=O) groups is 3. The molecule has 0 radical (unpaired) electrons. The number of hydrogen-bond donors (Lipinski definition) is 2. The van der Waals surface area contributed by atoms with E-state index in [4.69, 9.17) is 0 Å². The smallest absolute Gasteiger partial charge is 0.250 e. The first-order valence-corrected chi connectivity index (χ1v) is 11.2. The largest absolute Gasteiger partial charge is 0.350 e. The molecule has 3 unspecified atom stereocenters. The number of para-hydroxylation sites is 1. The lowest BCUT2D eigenvalue weighted by Gasteiger charge is -2.28. The van der Waals surface area contributed by atoms with E-state index in [0.717, 1.165) is 28.8 Å². The molecule has 3 amide bonds. The van der Waals surface area contributed by atoms with Crippen molar-refractivity contribution in [3.63, 3.8) is 0 Å². The van der Waals surface area contributed by atoms with Gasteiger partial charge in [0.05, 0.1) is 11.9 Å². The second-order valence-corrected chi connectivity index (χ2v) is 8.70. The van der Waals surface area contributed by atoms with Crippen LogP contribution in [0.2, 0.25) is 0 Å². The Morgan fingerprint density at radius 2 is 2.03 bits per heavy atom. The molecule has 3 heterocycles. The summed E-state index contributed by atoms with van der Waals surface area (Å²) in [4.78, 5) is 40.8. The van der Waals surface area contributed by atoms with Gasteiger partial charge in [-0.3, -0.25) is 19.3 Å². The minimum atomic E-state index is -0.638. The number of rotatable bonds is 7. The molecule has 32 heavy (non-hydrogen) atoms. The highest BCUT2D eigenvalue weighted by atomic mass is 16.2. The van der Waals surface area contributed by atoms with Crippen molar-refractivity contribution < 1.29 is 14.4 Å². The molecule has 4 rings (SSSR count). The van der Waals surface area contributed by atoms with Crippen LogP contribution in [-0.2, 0) is 33.8 Å². The summed E-state index contributed by atoms with van der Waals surface area (Å²) in [6.45, 7) is 4.38. The Labute approximate surface area is 187 Å². The maximum atomic E-state index is 13.6. The van der Waals surface area contributed by atoms with Gasteiger partial charge >= 0.3 is 0 Å². The zero-order chi connectivity index (χ0) is 22.7. The van der Waals surface area contributed by atoms with Crippen LogP contribution in [0, 0.1) is 5.92 Å². The molecule has 8 nitrogen and oxygen atoms in total. The normalized spacial score (nSPS) is 20.3. The van der Waals surface area contributed by atoms with Gasteiger partial charge in [-0.1, -0.05) is 38.5 Å². The van der Waals surface area contributed by atoms with E-state index in [1.54, 1.807) is 23.4 Å². The average Bonchev–Trinajstić information content (AvgIpc) is 3.14. The highest BCUT2D eigenvalue weighted by molar-refractivity contribution is 6.07. The number of anilines is 1. The van der Waals surface area contributed by atoms with Crippen molar-refractivity contribution in [1.82, 2.24) is 20.8 Å². The predicted molar refractivity (Wildman–Crippen MR) is 120 cm³/mol. The van der Waals surface area contributed by atoms with Gasteiger partial charge in [0.1, 0.15) is 12.1 Å². The van der Waals surface area contributed by atoms with Crippen molar-refractivity contribution in [2.75, 3.05) is 4.90 Å². The lowest BCUT2D eigenvalue weighted by molar-refractivity contribution is -0.129. The van der Waals surface area contributed by atoms with E-state index in [1.807, 2.05) is 32.0 Å². The Morgan fingerprint density at radius 1 is 1.22 bits per heavy atom. The van der Waals surface area contributed by atoms with Gasteiger partial charge in [0, 0.05) is 25.6 Å². The average molecular weight is 436 g/mol. The van der Waals surface area contributed by atoms with Gasteiger partial charge in [-0.25, -0.2) is 0 Å². The summed E-state index contributed by atoms with van der Waals surface area (Å²) in [5.74, 6) is -0.289. The van der Waals surface area contributed by atoms with E-state index in [-0.39, 0.29) is 23.6 Å². The molecule has 0 aliphatic carbocycles. The van der Waals surface area contributed by atoms with Gasteiger partial charge in [-0.05, 0) is 41.5 Å². The highest BCUT2D eigenvalue weighted by Gasteiger charge is 2.43. The van der Waals surface area contributed by atoms with Gasteiger partial charge < -0.3 is 10.6 Å². The van der Waals surface area contributed by atoms with Crippen molar-refractivity contribution in [3.05, 3.63) is 53.3 Å². The van der Waals surface area contributed by atoms with Gasteiger partial charge in [-0.2, -0.15) is 10.2 Å². The fraction of sp³-hybridized carbons (Fsp3) is 0.458. The third kappa shape index (κ3) is 4.49. The van der Waals surface area contributed by atoms with Crippen LogP contribution >= 0.6 is 0 Å². The molecule has 168 valence electrons. The number of nitrogens with zero attached hydrogens (tertiary/aromatic N) is 3. The van der Waals surface area contributed by atoms with E-state index in [9.17, 15) is 14.4 Å². The maximum Gasteiger partial charge on any atom is 0.250 e. The lowest BCUT2D eigenvalue weighted by Crippen LogP contribution is -2.54. The number of aryl methyl sites for hydroxylation is 1. The topological polar surface area (TPSA) is 104 Å². The monoisotopic (exact) mass is 435 g/mol. The molecule has 1 aromatic heterocycles. The molecule has 2 aliphatic rings. The summed E-state index contributed by atoms with van der Waals surface area (Å²) in [7, 11) is 0. The van der Waals surface area contributed by atoms with E-state index in [1.165, 1.54) is 0 Å². The fourth-order valence-corrected chi connectivity index (χ4v) is 4.42. The fourth-order valence-electron chi connectivity index (χ4n) is 4.42. The summed E-state index contributed by atoms with van der Waals surface area (Å²) in [5.41, 5.74) is 3.71. The number of amides is 3. The van der Waals surface area contributed by atoms with Crippen LogP contribution in [0.25, 0.3) is 0 Å². The van der Waals surface area contributed by atoms with Gasteiger partial charge in [0.15, 0.2) is 0 Å². The molecule has 0 spiro atoms. The summed E-state index contributed by atoms with van der Waals surface area (Å²) in [6, 6.07) is 6.47. The van der Waals surface area contributed by atoms with Gasteiger partial charge in [0.25, 0.3) is 0 Å². The van der Waals surface area contributed by atoms with E-state index in [0.29, 0.717) is 32.2 Å². The standard InChI is InChI=1S/C24H29N5O3/c1-3-15(2)11-21(30)28-19-8-7-17-5-4-6-18-12-20(29(22(17)18)24(19)32)23(31)25-13-16-9-10-26-27-14-16/h4-6,9-10,14-15,19-20H,3,7-8,11-13H2,1-2H3,(H,25,31)(H,28,30). The minimum Gasteiger partial charge on any atom is -0.350 e. The second-order valence-electron chi connectivity index (χ2n) is 8.70. The van der Waals surface area contributed by atoms with Gasteiger partial charge in [-0.15, -0.1) is 0 Å². The summed E-state index contributed by atoms with van der Waals surface area (Å²) in [6.07, 6.45) is 6.13. The van der Waals surface area contributed by atoms with E-state index >= 15 is 0 Å². The molecule has 1 aromatic carbocycles. The van der Waals surface area contributed by atoms with E-state index in [2.05, 4.69) is 20.8 Å². The van der Waals surface area contributed by atoms with Crippen LogP contribution in [-0.4, -0.2) is 40.0 Å². The van der Waals surface area contributed by atoms with Crippen LogP contribution in [0.15, 0.2) is 36.7 Å². The first-order valence-electron chi connectivity index (χ1n) is 11.2. The van der Waals surface area contributed by atoms with Crippen LogP contribution < -0.4 is 15.5 Å². The Balaban J connectivity index is 1.54. The minimum absolute atomic E-state index is 0.116. The van der Waals surface area contributed by atoms with Crippen LogP contribution in [0.4, 0.5) is 5.69 Å². The van der Waals surface area contributed by atoms with Gasteiger partial charge in [0.2, 0.25) is 17.7 Å². The Kier molecular flexibility index (Phi) is 6.48. The third-order valence-electron chi connectivity index (χ3n) is 6.39. The van der Waals surface area contributed by atoms with Crippen LogP contribution in [0.5, 0.6) is 0 Å². The quantitative estimate of drug-likeness (QED) is 0.691. The van der Waals surface area contributed by atoms with Crippen molar-refractivity contribution in [1.29, 1.82) is 0 Å². The molecule has 0 fully saturated rings. The molecule has 0 bridgehead atoms. The van der Waals surface area contributed by atoms with Crippen molar-refractivity contribution in [2.45, 2.75) is 64.6 Å². The SMILES string of the molecule is CCC(C)CC(=O)NC1CCc2cccc3c2N(C1=O)C(C(=O)NCc1ccnnc1)C3. The molecular formula is C24H29N5O3. The first-order chi connectivity index (χ1) is 15.5. The molecular weight excluding hydrogens is 406 g/mol. The Morgan fingerprint density at radius 3 is 2.78 bits per heavy atom. The highest BCUT2D eigenvalue weighted by Crippen LogP contribution is 2.39. The maximum absolute atomic E-state index is 13.6. The zero-order valence-electron chi connectivity index (χ0n) is 18.5. The van der Waals surface area contributed by atoms with Crippen LogP contribution in [0.3, 0.4) is 0 Å². The molecule has 2 aromatic rings. The third-order valence-corrected chi connectivity index (χ3v) is 6.39. The number of aromatic nitrogens is 2. The number of benzene rings is 1. The zero-order valence-corrected chi connectivity index (χ0v) is 18.5. The molecule has 0 saturated heterocycles. The summed E-state index contributed by atoms with van der Waals surface area (Å²) in [5, 5.41) is 13.4. The number of carbonyl (C=O) groups excluding carboxylic acids is 3. The van der Waals surface area contributed by atoms with E-state index < -0.39 is 12.1 Å². The molecule has 3 atom stereocenters. The lowest BCUT2D eigenvalue weighted by atomic mass is 10.0. The van der Waals surface area contributed by atoms with Crippen molar-refractivity contribution in [2.24, 2.45) is 5.92 Å². The Hall–Kier alpha value is -3.29. The molecule has 2 aliphatic heterocycles. The molecule has 8 heteroatoms. The molecule has 0 saturated carbocycles. The van der Waals surface area contributed by atoms with Crippen molar-refractivity contribution in [3.8, 4) is 0 Å². The second kappa shape index (κ2) is 9.46.